The minimum atomic E-state index is 0.601. The van der Waals surface area contributed by atoms with Crippen LogP contribution in [0.4, 0.5) is 0 Å². The largest absolute Gasteiger partial charge is 0.298 e. The van der Waals surface area contributed by atoms with Crippen molar-refractivity contribution in [2.75, 3.05) is 19.6 Å². The van der Waals surface area contributed by atoms with E-state index in [1.807, 2.05) is 0 Å². The molecule has 1 heterocycles. The van der Waals surface area contributed by atoms with Crippen molar-refractivity contribution in [2.45, 2.75) is 18.2 Å². The first-order chi connectivity index (χ1) is 6.04. The maximum atomic E-state index is 3.89. The number of rotatable bonds is 2. The van der Waals surface area contributed by atoms with E-state index in [1.54, 1.807) is 0 Å². The number of hydrogen-bond acceptors (Lipinski definition) is 1. The fourth-order valence-corrected chi connectivity index (χ4v) is 3.92. The van der Waals surface area contributed by atoms with E-state index in [0.717, 1.165) is 21.8 Å². The summed E-state index contributed by atoms with van der Waals surface area (Å²) < 4.78 is 1.10. The Labute approximate surface area is 96.8 Å². The van der Waals surface area contributed by atoms with Crippen LogP contribution in [-0.4, -0.2) is 29.4 Å². The van der Waals surface area contributed by atoms with Crippen molar-refractivity contribution >= 4 is 31.9 Å². The van der Waals surface area contributed by atoms with Crippen LogP contribution in [0, 0.1) is 11.3 Å². The molecule has 2 fully saturated rings. The van der Waals surface area contributed by atoms with Crippen molar-refractivity contribution in [3.05, 3.63) is 11.1 Å². The Balaban J connectivity index is 1.91. The molecule has 1 saturated heterocycles. The second-order valence-corrected chi connectivity index (χ2v) is 6.62. The summed E-state index contributed by atoms with van der Waals surface area (Å²) in [6, 6.07) is 0. The third-order valence-electron chi connectivity index (χ3n) is 3.54. The zero-order chi connectivity index (χ0) is 9.64. The molecular formula is C10H15Br2N. The lowest BCUT2D eigenvalue weighted by Crippen LogP contribution is -2.34. The molecule has 0 radical (unpaired) electrons. The van der Waals surface area contributed by atoms with Crippen LogP contribution in [0.15, 0.2) is 11.1 Å². The van der Waals surface area contributed by atoms with Crippen molar-refractivity contribution in [1.29, 1.82) is 0 Å². The van der Waals surface area contributed by atoms with E-state index in [4.69, 9.17) is 0 Å². The smallest absolute Gasteiger partial charge is 0.0294 e. The molecule has 0 aromatic rings. The lowest BCUT2D eigenvalue weighted by molar-refractivity contribution is 0.202. The van der Waals surface area contributed by atoms with Crippen molar-refractivity contribution in [3.8, 4) is 0 Å². The van der Waals surface area contributed by atoms with Gasteiger partial charge in [-0.25, -0.2) is 0 Å². The van der Waals surface area contributed by atoms with Gasteiger partial charge in [0, 0.05) is 22.4 Å². The molecule has 3 unspecified atom stereocenters. The zero-order valence-corrected chi connectivity index (χ0v) is 11.1. The predicted molar refractivity (Wildman–Crippen MR) is 63.4 cm³/mol. The third-order valence-corrected chi connectivity index (χ3v) is 5.47. The van der Waals surface area contributed by atoms with Gasteiger partial charge in [-0.1, -0.05) is 45.4 Å². The quantitative estimate of drug-likeness (QED) is 0.709. The van der Waals surface area contributed by atoms with E-state index in [2.05, 4.69) is 50.3 Å². The van der Waals surface area contributed by atoms with E-state index < -0.39 is 0 Å². The maximum absolute atomic E-state index is 3.89. The van der Waals surface area contributed by atoms with Crippen molar-refractivity contribution in [2.24, 2.45) is 11.3 Å². The van der Waals surface area contributed by atoms with Gasteiger partial charge in [0.25, 0.3) is 0 Å². The average molecular weight is 309 g/mol. The fourth-order valence-electron chi connectivity index (χ4n) is 2.38. The minimum Gasteiger partial charge on any atom is -0.298 e. The summed E-state index contributed by atoms with van der Waals surface area (Å²) in [6.45, 7) is 9.75. The van der Waals surface area contributed by atoms with Crippen LogP contribution in [0.5, 0.6) is 0 Å². The average Bonchev–Trinajstić information content (AvgIpc) is 2.56. The highest BCUT2D eigenvalue weighted by Gasteiger charge is 2.61. The fraction of sp³-hybridized carbons (Fsp3) is 0.800. The van der Waals surface area contributed by atoms with Gasteiger partial charge in [-0.3, -0.25) is 4.90 Å². The Morgan fingerprint density at radius 3 is 2.92 bits per heavy atom. The number of alkyl halides is 1. The Morgan fingerprint density at radius 2 is 2.38 bits per heavy atom. The summed E-state index contributed by atoms with van der Waals surface area (Å²) in [5, 5.41) is 0. The summed E-state index contributed by atoms with van der Waals surface area (Å²) >= 11 is 7.19. The second kappa shape index (κ2) is 3.35. The van der Waals surface area contributed by atoms with Crippen molar-refractivity contribution in [1.82, 2.24) is 4.90 Å². The minimum absolute atomic E-state index is 0.601. The lowest BCUT2D eigenvalue weighted by atomic mass is 9.98. The lowest BCUT2D eigenvalue weighted by Gasteiger charge is -2.29. The molecule has 13 heavy (non-hydrogen) atoms. The molecule has 0 N–H and O–H groups in total. The number of nitrogens with zero attached hydrogens (tertiary/aromatic N) is 1. The maximum Gasteiger partial charge on any atom is 0.0294 e. The Morgan fingerprint density at radius 1 is 1.69 bits per heavy atom. The molecular weight excluding hydrogens is 294 g/mol. The molecule has 2 aliphatic rings. The van der Waals surface area contributed by atoms with E-state index in [9.17, 15) is 0 Å². The van der Waals surface area contributed by atoms with Crippen LogP contribution in [-0.2, 0) is 0 Å². The highest BCUT2D eigenvalue weighted by Crippen LogP contribution is 2.61. The second-order valence-electron chi connectivity index (χ2n) is 4.52. The molecule has 74 valence electrons. The van der Waals surface area contributed by atoms with Gasteiger partial charge in [-0.2, -0.15) is 0 Å². The molecule has 1 aliphatic carbocycles. The van der Waals surface area contributed by atoms with Gasteiger partial charge >= 0.3 is 0 Å². The third kappa shape index (κ3) is 1.75. The molecule has 1 saturated carbocycles. The summed E-state index contributed by atoms with van der Waals surface area (Å²) in [7, 11) is 0. The first-order valence-corrected chi connectivity index (χ1v) is 6.44. The van der Waals surface area contributed by atoms with Crippen LogP contribution < -0.4 is 0 Å². The number of halogens is 2. The molecule has 0 bridgehead atoms. The highest BCUT2D eigenvalue weighted by molar-refractivity contribution is 9.11. The van der Waals surface area contributed by atoms with Crippen LogP contribution in [0.25, 0.3) is 0 Å². The van der Waals surface area contributed by atoms with Gasteiger partial charge in [-0.05, 0) is 24.3 Å². The summed E-state index contributed by atoms with van der Waals surface area (Å²) in [5.74, 6) is 0.869. The normalized spacial score (nSPS) is 44.2. The molecule has 0 aromatic carbocycles. The van der Waals surface area contributed by atoms with Gasteiger partial charge < -0.3 is 0 Å². The molecule has 1 aliphatic heterocycles. The number of hydrogen-bond donors (Lipinski definition) is 0. The standard InChI is InChI=1S/C10H15Br2N/c1-7(11)5-13-4-3-10(2)8(6-13)9(10)12/h8-9H,1,3-6H2,2H3. The van der Waals surface area contributed by atoms with Crippen LogP contribution in [0.3, 0.4) is 0 Å². The van der Waals surface area contributed by atoms with E-state index in [0.29, 0.717) is 5.41 Å². The SMILES string of the molecule is C=C(Br)CN1CCC2(C)C(Br)C2C1. The van der Waals surface area contributed by atoms with Gasteiger partial charge in [0.2, 0.25) is 0 Å². The van der Waals surface area contributed by atoms with E-state index >= 15 is 0 Å². The Kier molecular flexibility index (Phi) is 2.63. The van der Waals surface area contributed by atoms with Gasteiger partial charge in [-0.15, -0.1) is 0 Å². The van der Waals surface area contributed by atoms with Gasteiger partial charge in [0.15, 0.2) is 0 Å². The Hall–Kier alpha value is 0.660. The van der Waals surface area contributed by atoms with Crippen LogP contribution in [0.2, 0.25) is 0 Å². The van der Waals surface area contributed by atoms with Crippen molar-refractivity contribution in [3.63, 3.8) is 0 Å². The van der Waals surface area contributed by atoms with Gasteiger partial charge in [0.05, 0.1) is 0 Å². The number of likely N-dealkylation sites (tertiary alicyclic amines) is 1. The number of fused-ring (bicyclic) bond motifs is 1. The topological polar surface area (TPSA) is 3.24 Å². The first-order valence-electron chi connectivity index (χ1n) is 4.74. The van der Waals surface area contributed by atoms with Crippen molar-refractivity contribution < 1.29 is 0 Å². The molecule has 0 aromatic heterocycles. The molecule has 2 rings (SSSR count). The summed E-state index contributed by atoms with van der Waals surface area (Å²) in [6.07, 6.45) is 1.33. The van der Waals surface area contributed by atoms with Crippen LogP contribution in [0.1, 0.15) is 13.3 Å². The molecule has 1 nitrogen and oxygen atoms in total. The first kappa shape index (κ1) is 10.2. The monoisotopic (exact) mass is 307 g/mol. The molecule has 0 spiro atoms. The number of piperidine rings is 1. The molecule has 0 amide bonds. The Bertz CT molecular complexity index is 241. The van der Waals surface area contributed by atoms with E-state index in [-0.39, 0.29) is 0 Å². The van der Waals surface area contributed by atoms with E-state index in [1.165, 1.54) is 19.5 Å². The summed E-state index contributed by atoms with van der Waals surface area (Å²) in [4.78, 5) is 3.25. The van der Waals surface area contributed by atoms with Gasteiger partial charge in [0.1, 0.15) is 0 Å². The summed E-state index contributed by atoms with van der Waals surface area (Å²) in [5.41, 5.74) is 0.601. The zero-order valence-electron chi connectivity index (χ0n) is 7.89. The highest BCUT2D eigenvalue weighted by atomic mass is 79.9. The molecule has 3 atom stereocenters. The van der Waals surface area contributed by atoms with Crippen LogP contribution >= 0.6 is 31.9 Å². The molecule has 3 heteroatoms. The predicted octanol–water partition coefficient (Wildman–Crippen LogP) is 3.00.